The summed E-state index contributed by atoms with van der Waals surface area (Å²) in [5, 5.41) is 0. The topological polar surface area (TPSA) is 0 Å². The second-order valence-electron chi connectivity index (χ2n) is 45.1. The van der Waals surface area contributed by atoms with Crippen molar-refractivity contribution >= 4 is 0 Å². The molecule has 0 amide bonds. The van der Waals surface area contributed by atoms with E-state index in [1.54, 1.807) is 25.7 Å². The Morgan fingerprint density at radius 2 is 0.505 bits per heavy atom. The van der Waals surface area contributed by atoms with Crippen molar-refractivity contribution in [2.24, 2.45) is 185 Å². The van der Waals surface area contributed by atoms with E-state index < -0.39 is 0 Å². The van der Waals surface area contributed by atoms with Crippen LogP contribution in [-0.4, -0.2) is 0 Å². The lowest BCUT2D eigenvalue weighted by Crippen LogP contribution is -2.38. The molecule has 648 valence electrons. The first-order valence-electron chi connectivity index (χ1n) is 49.3. The zero-order valence-corrected chi connectivity index (χ0v) is 82.3. The van der Waals surface area contributed by atoms with Gasteiger partial charge >= 0.3 is 0 Å². The highest BCUT2D eigenvalue weighted by Gasteiger charge is 2.50. The number of allylic oxidation sites excluding steroid dienone is 8. The highest BCUT2D eigenvalue weighted by atomic mass is 14.6. The highest BCUT2D eigenvalue weighted by Crippen LogP contribution is 2.60. The number of rotatable bonds is 0. The van der Waals surface area contributed by atoms with Gasteiger partial charge in [0.1, 0.15) is 0 Å². The molecule has 0 radical (unpaired) electrons. The van der Waals surface area contributed by atoms with Gasteiger partial charge in [0.25, 0.3) is 0 Å². The van der Waals surface area contributed by atoms with E-state index in [2.05, 4.69) is 215 Å². The van der Waals surface area contributed by atoms with Crippen LogP contribution >= 0.6 is 0 Å². The first-order valence-corrected chi connectivity index (χ1v) is 49.3. The summed E-state index contributed by atoms with van der Waals surface area (Å²) in [6, 6.07) is 0. The van der Waals surface area contributed by atoms with E-state index >= 15 is 0 Å². The summed E-state index contributed by atoms with van der Waals surface area (Å²) in [6.45, 7) is 89.7. The summed E-state index contributed by atoms with van der Waals surface area (Å²) >= 11 is 0. The molecule has 20 unspecified atom stereocenters. The Bertz CT molecular complexity index is 2320. The van der Waals surface area contributed by atoms with Crippen molar-refractivity contribution in [1.82, 2.24) is 0 Å². The molecule has 14 saturated carbocycles. The maximum absolute atomic E-state index is 2.48. The zero-order chi connectivity index (χ0) is 83.3. The lowest BCUT2D eigenvalue weighted by atomic mass is 9.57. The summed E-state index contributed by atoms with van der Waals surface area (Å²) in [4.78, 5) is 0. The van der Waals surface area contributed by atoms with Crippen LogP contribution in [0.1, 0.15) is 464 Å². The van der Waals surface area contributed by atoms with Crippen LogP contribution in [0.2, 0.25) is 0 Å². The lowest BCUT2D eigenvalue weighted by Gasteiger charge is -2.48. The SMILES string of the molecule is C.CC.CC.CC.CC.CC.CC.CC.CC.CC(C)(C)C1CC2C=CC1C2.CC(C)(C)C1CC2C=CC1CC2.CC(C)(C)C1CC2C=CCC1C2.CC(C)(C)C1CC2CC1C2.CC(C)(C)C1CC2CC=CC1C2.CC(C)(C)C1CC2CCC1C2.CC(C)(C)C1CC2CCC1CC2.CC(C)(C)C1CC2CCCC1C2. The van der Waals surface area contributed by atoms with E-state index in [4.69, 9.17) is 0 Å². The van der Waals surface area contributed by atoms with Gasteiger partial charge in [-0.05, 0) is 327 Å². The summed E-state index contributed by atoms with van der Waals surface area (Å²) in [6.07, 6.45) is 61.5. The Morgan fingerprint density at radius 3 is 0.807 bits per heavy atom. The Labute approximate surface area is 693 Å². The molecule has 0 N–H and O–H groups in total. The van der Waals surface area contributed by atoms with Gasteiger partial charge in [0, 0.05) is 0 Å². The Morgan fingerprint density at radius 1 is 0.183 bits per heavy atom. The first-order chi connectivity index (χ1) is 50.6. The van der Waals surface area contributed by atoms with Crippen molar-refractivity contribution in [3.63, 3.8) is 0 Å². The van der Waals surface area contributed by atoms with Gasteiger partial charge in [-0.3, -0.25) is 0 Å². The van der Waals surface area contributed by atoms with Gasteiger partial charge in [0.05, 0.1) is 0 Å². The van der Waals surface area contributed by atoms with Gasteiger partial charge in [-0.1, -0.05) is 372 Å². The molecule has 0 aliphatic heterocycles. The predicted molar refractivity (Wildman–Crippen MR) is 503 cm³/mol. The fourth-order valence-corrected chi connectivity index (χ4v) is 25.0. The van der Waals surface area contributed by atoms with Crippen LogP contribution in [0, 0.1) is 185 Å². The van der Waals surface area contributed by atoms with E-state index in [1.807, 2.05) is 111 Å². The Balaban J connectivity index is 0.00000119. The zero-order valence-electron chi connectivity index (χ0n) is 82.3. The fourth-order valence-electron chi connectivity index (χ4n) is 25.0. The molecule has 19 aliphatic rings. The molecule has 14 fully saturated rings. The Kier molecular flexibility index (Phi) is 49.5. The molecule has 0 spiro atoms. The van der Waals surface area contributed by atoms with Gasteiger partial charge in [0.2, 0.25) is 0 Å². The van der Waals surface area contributed by atoms with Crippen LogP contribution in [-0.2, 0) is 0 Å². The van der Waals surface area contributed by atoms with Crippen LogP contribution in [0.3, 0.4) is 0 Å². The summed E-state index contributed by atoms with van der Waals surface area (Å²) in [5.74, 6) is 24.3. The largest absolute Gasteiger partial charge is 0.0880 e. The molecule has 16 bridgehead atoms. The summed E-state index contributed by atoms with van der Waals surface area (Å²) in [5.41, 5.74) is 4.43. The predicted octanol–water partition coefficient (Wildman–Crippen LogP) is 37.3. The average molecular weight is 1520 g/mol. The molecule has 109 heavy (non-hydrogen) atoms. The molecule has 19 aliphatic carbocycles. The van der Waals surface area contributed by atoms with E-state index in [-0.39, 0.29) is 7.43 Å². The normalized spacial score (nSPS) is 35.7. The first kappa shape index (κ1) is 108. The quantitative estimate of drug-likeness (QED) is 0.212. The molecule has 0 heteroatoms. The van der Waals surface area contributed by atoms with E-state index in [0.29, 0.717) is 43.3 Å². The fraction of sp³-hybridized carbons (Fsp3) is 0.927. The van der Waals surface area contributed by atoms with Gasteiger partial charge in [-0.25, -0.2) is 0 Å². The molecular formula is C109H212. The standard InChI is InChI=1S/C12H22.C12H20.C12H22.2C12H20.C11H20.C11H18.C10H18.8C2H6.CH4/c2*1-12(2,3)11-8-9-4-6-10(11)7-5-9;3*1-12(2,3)11-8-9-5-4-6-10(11)7-9;2*1-11(2,3)10-7-8-4-5-9(10)6-8;1-10(2,3)9-6-7-4-8(9)5-7;8*1-2;/h9-11H,4-8H2,1-3H3;4,6,9-11H,5,7-8H2,1-3H3;9-11H,4-8H2,1-3H3;4,6,9-11H,5,7-8H2,1-3H3;4-5,9-11H,6-8H2,1-3H3;8-10H,4-7H2,1-3H3;4-5,8-10H,6-7H2,1-3H3;7-9H,4-6H2,1-3H3;8*1-2H3;1H4. The molecule has 0 aromatic heterocycles. The number of hydrogen-bond acceptors (Lipinski definition) is 0. The van der Waals surface area contributed by atoms with E-state index in [1.165, 1.54) is 154 Å². The maximum atomic E-state index is 2.48. The number of fused-ring (bicyclic) bond motifs is 16. The molecule has 0 heterocycles. The molecule has 0 saturated heterocycles. The van der Waals surface area contributed by atoms with Crippen molar-refractivity contribution in [1.29, 1.82) is 0 Å². The summed E-state index contributed by atoms with van der Waals surface area (Å²) in [7, 11) is 0. The van der Waals surface area contributed by atoms with Crippen molar-refractivity contribution in [3.8, 4) is 0 Å². The van der Waals surface area contributed by atoms with Crippen molar-refractivity contribution in [2.75, 3.05) is 0 Å². The molecule has 0 nitrogen and oxygen atoms in total. The third-order valence-corrected chi connectivity index (χ3v) is 30.1. The second kappa shape index (κ2) is 50.0. The van der Waals surface area contributed by atoms with Crippen LogP contribution in [0.5, 0.6) is 0 Å². The maximum Gasteiger partial charge on any atom is -0.0194 e. The van der Waals surface area contributed by atoms with Crippen LogP contribution < -0.4 is 0 Å². The molecular weight excluding hydrogens is 1310 g/mol. The van der Waals surface area contributed by atoms with Crippen molar-refractivity contribution < 1.29 is 0 Å². The minimum absolute atomic E-state index is 0. The Hall–Kier alpha value is -1.04. The van der Waals surface area contributed by atoms with Crippen LogP contribution in [0.4, 0.5) is 0 Å². The monoisotopic (exact) mass is 1520 g/mol. The minimum atomic E-state index is 0. The molecule has 19 rings (SSSR count). The molecule has 20 atom stereocenters. The van der Waals surface area contributed by atoms with Crippen LogP contribution in [0.25, 0.3) is 0 Å². The minimum Gasteiger partial charge on any atom is -0.0880 e. The molecule has 0 aromatic rings. The third kappa shape index (κ3) is 33.7. The van der Waals surface area contributed by atoms with Gasteiger partial charge in [0.15, 0.2) is 0 Å². The van der Waals surface area contributed by atoms with Gasteiger partial charge < -0.3 is 0 Å². The third-order valence-electron chi connectivity index (χ3n) is 30.1. The summed E-state index contributed by atoms with van der Waals surface area (Å²) < 4.78 is 0. The van der Waals surface area contributed by atoms with Gasteiger partial charge in [-0.15, -0.1) is 0 Å². The van der Waals surface area contributed by atoms with E-state index in [0.717, 1.165) is 142 Å². The van der Waals surface area contributed by atoms with Crippen LogP contribution in [0.15, 0.2) is 48.6 Å². The smallest absolute Gasteiger partial charge is 0.0194 e. The number of hydrogen-bond donors (Lipinski definition) is 0. The van der Waals surface area contributed by atoms with Crippen molar-refractivity contribution in [3.05, 3.63) is 48.6 Å². The highest BCUT2D eigenvalue weighted by molar-refractivity contribution is 5.13. The van der Waals surface area contributed by atoms with Gasteiger partial charge in [-0.2, -0.15) is 0 Å². The van der Waals surface area contributed by atoms with E-state index in [9.17, 15) is 0 Å². The lowest BCUT2D eigenvalue weighted by molar-refractivity contribution is 0.0250. The average Bonchev–Trinajstić information content (AvgIpc) is 1.62. The van der Waals surface area contributed by atoms with Crippen molar-refractivity contribution in [2.45, 2.75) is 464 Å². The second-order valence-corrected chi connectivity index (χ2v) is 45.1. The molecule has 0 aromatic carbocycles.